The van der Waals surface area contributed by atoms with Gasteiger partial charge in [-0.25, -0.2) is 9.34 Å². The average molecular weight is 486 g/mol. The van der Waals surface area contributed by atoms with Gasteiger partial charge in [0.05, 0.1) is 23.7 Å². The Kier molecular flexibility index (Phi) is 4.93. The van der Waals surface area contributed by atoms with E-state index in [1.54, 1.807) is 30.1 Å². The minimum absolute atomic E-state index is 0.00916. The third-order valence-corrected chi connectivity index (χ3v) is 9.15. The third-order valence-electron chi connectivity index (χ3n) is 6.39. The summed E-state index contributed by atoms with van der Waals surface area (Å²) >= 11 is 0. The van der Waals surface area contributed by atoms with E-state index in [0.717, 1.165) is 31.7 Å². The summed E-state index contributed by atoms with van der Waals surface area (Å²) in [5.41, 5.74) is 1.70. The van der Waals surface area contributed by atoms with Gasteiger partial charge in [0.2, 0.25) is 5.75 Å². The number of hydrogen-bond donors (Lipinski definition) is 0. The molecule has 4 aliphatic heterocycles. The fraction of sp³-hybridized carbons (Fsp3) is 0.409. The van der Waals surface area contributed by atoms with Gasteiger partial charge in [0, 0.05) is 57.3 Å². The molecule has 11 nitrogen and oxygen atoms in total. The number of ether oxygens (including phenoxy) is 2. The summed E-state index contributed by atoms with van der Waals surface area (Å²) in [6.07, 6.45) is -0.0792. The Morgan fingerprint density at radius 1 is 1.15 bits per heavy atom. The monoisotopic (exact) mass is 486 g/mol. The van der Waals surface area contributed by atoms with Crippen molar-refractivity contribution < 1.29 is 28.3 Å². The number of fused-ring (bicyclic) bond motifs is 2. The molecule has 0 unspecified atom stereocenters. The van der Waals surface area contributed by atoms with Crippen molar-refractivity contribution in [2.45, 2.75) is 19.1 Å². The van der Waals surface area contributed by atoms with Crippen molar-refractivity contribution in [2.75, 3.05) is 39.8 Å². The lowest BCUT2D eigenvalue weighted by Crippen LogP contribution is -2.19. The Labute approximate surface area is 195 Å². The highest BCUT2D eigenvalue weighted by Gasteiger charge is 2.51. The largest absolute Gasteiger partial charge is 0.493 e. The Balaban J connectivity index is 1.35. The van der Waals surface area contributed by atoms with E-state index in [9.17, 15) is 19.5 Å². The van der Waals surface area contributed by atoms with Crippen LogP contribution < -0.4 is 9.47 Å². The highest BCUT2D eigenvalue weighted by Crippen LogP contribution is 2.64. The number of nitro benzene ring substituents is 1. The van der Waals surface area contributed by atoms with Crippen LogP contribution in [0.1, 0.15) is 34.0 Å². The molecule has 6 rings (SSSR count). The normalized spacial score (nSPS) is 21.6. The van der Waals surface area contributed by atoms with Gasteiger partial charge in [0.15, 0.2) is 0 Å². The summed E-state index contributed by atoms with van der Waals surface area (Å²) in [4.78, 5) is 25.2. The van der Waals surface area contributed by atoms with Gasteiger partial charge in [0.25, 0.3) is 5.91 Å². The van der Waals surface area contributed by atoms with Gasteiger partial charge in [-0.15, -0.1) is 0 Å². The molecule has 0 bridgehead atoms. The van der Waals surface area contributed by atoms with E-state index in [1.165, 1.54) is 12.1 Å². The Morgan fingerprint density at radius 2 is 1.88 bits per heavy atom. The summed E-state index contributed by atoms with van der Waals surface area (Å²) in [7, 11) is -1.39. The van der Waals surface area contributed by atoms with Crippen LogP contribution in [-0.4, -0.2) is 64.9 Å². The molecule has 2 aromatic carbocycles. The predicted molar refractivity (Wildman–Crippen MR) is 120 cm³/mol. The predicted octanol–water partition coefficient (Wildman–Crippen LogP) is 3.55. The summed E-state index contributed by atoms with van der Waals surface area (Å²) in [5.74, 6) is 0.528. The molecule has 2 fully saturated rings. The summed E-state index contributed by atoms with van der Waals surface area (Å²) in [6.45, 7) is 3.72. The molecular weight excluding hydrogens is 463 g/mol. The van der Waals surface area contributed by atoms with E-state index in [1.807, 2.05) is 9.34 Å². The van der Waals surface area contributed by atoms with Crippen molar-refractivity contribution in [1.29, 1.82) is 0 Å². The SMILES string of the molecule is CN1Cc2ccc(Oc3cc4c(cc3[N+](=O)[O-])OCC[C@@H]4OP(=O)(N3CC3)N3CC3)cc2C1=O. The maximum atomic E-state index is 13.5. The van der Waals surface area contributed by atoms with Gasteiger partial charge >= 0.3 is 13.4 Å². The molecule has 1 atom stereocenters. The summed E-state index contributed by atoms with van der Waals surface area (Å²) in [5, 5.41) is 11.8. The van der Waals surface area contributed by atoms with Crippen LogP contribution in [-0.2, 0) is 15.6 Å². The van der Waals surface area contributed by atoms with Crippen molar-refractivity contribution in [3.63, 3.8) is 0 Å². The number of nitro groups is 1. The van der Waals surface area contributed by atoms with Crippen LogP contribution in [0.2, 0.25) is 0 Å². The topological polar surface area (TPSA) is 114 Å². The zero-order valence-electron chi connectivity index (χ0n) is 18.5. The van der Waals surface area contributed by atoms with Crippen LogP contribution in [0, 0.1) is 10.1 Å². The Morgan fingerprint density at radius 3 is 2.56 bits per heavy atom. The minimum atomic E-state index is -3.11. The Bertz CT molecular complexity index is 1240. The lowest BCUT2D eigenvalue weighted by atomic mass is 10.0. The van der Waals surface area contributed by atoms with Crippen molar-refractivity contribution in [3.8, 4) is 17.2 Å². The first kappa shape index (κ1) is 21.5. The average Bonchev–Trinajstić information content (AvgIpc) is 3.72. The van der Waals surface area contributed by atoms with Crippen LogP contribution in [0.5, 0.6) is 17.2 Å². The fourth-order valence-corrected chi connectivity index (χ4v) is 6.76. The first-order valence-corrected chi connectivity index (χ1v) is 12.7. The smallest absolute Gasteiger partial charge is 0.346 e. The molecule has 0 saturated carbocycles. The van der Waals surface area contributed by atoms with Crippen molar-refractivity contribution >= 4 is 19.3 Å². The molecule has 0 radical (unpaired) electrons. The Hall–Kier alpha value is -2.98. The number of amides is 1. The molecule has 4 aliphatic rings. The number of nitrogens with zero attached hydrogens (tertiary/aromatic N) is 4. The molecule has 34 heavy (non-hydrogen) atoms. The maximum Gasteiger partial charge on any atom is 0.346 e. The molecule has 2 saturated heterocycles. The molecule has 0 aliphatic carbocycles. The molecule has 12 heteroatoms. The molecule has 4 heterocycles. The maximum absolute atomic E-state index is 13.5. The number of benzene rings is 2. The van der Waals surface area contributed by atoms with Crippen molar-refractivity contribution in [1.82, 2.24) is 14.2 Å². The van der Waals surface area contributed by atoms with E-state index in [0.29, 0.717) is 42.2 Å². The van der Waals surface area contributed by atoms with Gasteiger partial charge in [-0.3, -0.25) is 24.0 Å². The molecule has 2 aromatic rings. The van der Waals surface area contributed by atoms with Crippen LogP contribution in [0.15, 0.2) is 30.3 Å². The summed E-state index contributed by atoms with van der Waals surface area (Å²) < 4.78 is 35.0. The molecule has 0 aromatic heterocycles. The lowest BCUT2D eigenvalue weighted by Gasteiger charge is -2.30. The zero-order valence-corrected chi connectivity index (χ0v) is 19.4. The quantitative estimate of drug-likeness (QED) is 0.251. The van der Waals surface area contributed by atoms with Gasteiger partial charge in [0.1, 0.15) is 11.5 Å². The van der Waals surface area contributed by atoms with Crippen LogP contribution in [0.3, 0.4) is 0 Å². The van der Waals surface area contributed by atoms with Gasteiger partial charge in [-0.2, -0.15) is 0 Å². The van der Waals surface area contributed by atoms with Crippen LogP contribution >= 0.6 is 7.67 Å². The van der Waals surface area contributed by atoms with Gasteiger partial charge in [-0.1, -0.05) is 6.07 Å². The first-order chi connectivity index (χ1) is 16.3. The zero-order chi connectivity index (χ0) is 23.6. The number of carbonyl (C=O) groups excluding carboxylic acids is 1. The number of hydrogen-bond acceptors (Lipinski definition) is 7. The van der Waals surface area contributed by atoms with E-state index in [4.69, 9.17) is 14.0 Å². The lowest BCUT2D eigenvalue weighted by molar-refractivity contribution is -0.385. The second-order valence-electron chi connectivity index (χ2n) is 8.83. The highest BCUT2D eigenvalue weighted by atomic mass is 31.2. The second kappa shape index (κ2) is 7.78. The highest BCUT2D eigenvalue weighted by molar-refractivity contribution is 7.54. The third kappa shape index (κ3) is 3.65. The molecule has 178 valence electrons. The van der Waals surface area contributed by atoms with E-state index < -0.39 is 18.7 Å². The standard InChI is InChI=1S/C22H23N4O7P/c1-23-13-14-2-3-15(10-16(14)22(23)27)32-21-11-17-19(4-9-31-20(17)12-18(21)26(28)29)33-34(30,24-5-6-24)25-7-8-25/h2-3,10-12,19H,4-9,13H2,1H3/t19-/m0/s1. The summed E-state index contributed by atoms with van der Waals surface area (Å²) in [6, 6.07) is 7.94. The number of carbonyl (C=O) groups is 1. The fourth-order valence-electron chi connectivity index (χ4n) is 4.40. The van der Waals surface area contributed by atoms with Gasteiger partial charge < -0.3 is 14.4 Å². The molecule has 0 spiro atoms. The van der Waals surface area contributed by atoms with E-state index in [-0.39, 0.29) is 17.3 Å². The first-order valence-electron chi connectivity index (χ1n) is 11.1. The van der Waals surface area contributed by atoms with Gasteiger partial charge in [-0.05, 0) is 23.8 Å². The second-order valence-corrected chi connectivity index (χ2v) is 11.1. The molecule has 1 amide bonds. The van der Waals surface area contributed by atoms with Crippen LogP contribution in [0.25, 0.3) is 0 Å². The van der Waals surface area contributed by atoms with Crippen molar-refractivity contribution in [2.24, 2.45) is 0 Å². The molecule has 0 N–H and O–H groups in total. The van der Waals surface area contributed by atoms with E-state index >= 15 is 0 Å². The van der Waals surface area contributed by atoms with Crippen molar-refractivity contribution in [3.05, 3.63) is 57.1 Å². The van der Waals surface area contributed by atoms with Crippen LogP contribution in [0.4, 0.5) is 5.69 Å². The van der Waals surface area contributed by atoms with E-state index in [2.05, 4.69) is 0 Å². The minimum Gasteiger partial charge on any atom is -0.493 e. The number of rotatable bonds is 7. The molecular formula is C22H23N4O7P.